The van der Waals surface area contributed by atoms with Gasteiger partial charge in [0.2, 0.25) is 11.8 Å². The van der Waals surface area contributed by atoms with Gasteiger partial charge in [-0.05, 0) is 63.5 Å². The lowest BCUT2D eigenvalue weighted by atomic mass is 9.71. The number of hydrogen-bond donors (Lipinski definition) is 1. The van der Waals surface area contributed by atoms with E-state index in [1.54, 1.807) is 19.1 Å². The van der Waals surface area contributed by atoms with Crippen LogP contribution >= 0.6 is 0 Å². The van der Waals surface area contributed by atoms with Gasteiger partial charge in [-0.1, -0.05) is 0 Å². The number of carbonyl (C=O) groups is 1. The number of hydrogen-bond acceptors (Lipinski definition) is 6. The summed E-state index contributed by atoms with van der Waals surface area (Å²) in [6.45, 7) is 4.72. The standard InChI is InChI=1S/C22H29N3O4/c1-15-19(23-20(29-15)16-4-6-18(28-3)7-5-16)14-25-10-8-22(9-11-25)12-17(26)13-24(2)21(22)27/h4-7,17,26H,8-14H2,1-3H3. The number of aliphatic hydroxyl groups excluding tert-OH is 1. The number of benzene rings is 1. The van der Waals surface area contributed by atoms with Gasteiger partial charge in [0.15, 0.2) is 0 Å². The number of β-amino-alcohol motifs (C(OH)–C–C–N with tert-alkyl or cyclic N) is 1. The van der Waals surface area contributed by atoms with Crippen LogP contribution in [0.1, 0.15) is 30.7 Å². The number of aromatic nitrogens is 1. The second-order valence-corrected chi connectivity index (χ2v) is 8.35. The lowest BCUT2D eigenvalue weighted by molar-refractivity contribution is -0.154. The normalized spacial score (nSPS) is 22.3. The number of carbonyl (C=O) groups excluding carboxylic acids is 1. The summed E-state index contributed by atoms with van der Waals surface area (Å²) in [7, 11) is 3.43. The lowest BCUT2D eigenvalue weighted by Crippen LogP contribution is -2.56. The van der Waals surface area contributed by atoms with Gasteiger partial charge in [0.25, 0.3) is 0 Å². The van der Waals surface area contributed by atoms with E-state index >= 15 is 0 Å². The molecule has 1 N–H and O–H groups in total. The molecule has 2 aromatic rings. The number of piperidine rings is 2. The summed E-state index contributed by atoms with van der Waals surface area (Å²) in [5, 5.41) is 10.2. The number of oxazole rings is 1. The Morgan fingerprint density at radius 1 is 1.28 bits per heavy atom. The second-order valence-electron chi connectivity index (χ2n) is 8.35. The first-order valence-corrected chi connectivity index (χ1v) is 10.2. The molecule has 0 saturated carbocycles. The molecular formula is C22H29N3O4. The molecule has 1 aromatic carbocycles. The van der Waals surface area contributed by atoms with Gasteiger partial charge in [-0.2, -0.15) is 0 Å². The zero-order valence-electron chi connectivity index (χ0n) is 17.4. The van der Waals surface area contributed by atoms with Gasteiger partial charge < -0.3 is 19.2 Å². The fraction of sp³-hybridized carbons (Fsp3) is 0.545. The minimum absolute atomic E-state index is 0.182. The molecule has 156 valence electrons. The Morgan fingerprint density at radius 2 is 1.97 bits per heavy atom. The molecule has 0 bridgehead atoms. The summed E-state index contributed by atoms with van der Waals surface area (Å²) >= 11 is 0. The molecule has 2 aliphatic heterocycles. The molecule has 2 fully saturated rings. The van der Waals surface area contributed by atoms with E-state index in [9.17, 15) is 9.90 Å². The highest BCUT2D eigenvalue weighted by molar-refractivity contribution is 5.83. The van der Waals surface area contributed by atoms with Crippen molar-refractivity contribution >= 4 is 5.91 Å². The Balaban J connectivity index is 1.42. The van der Waals surface area contributed by atoms with Crippen molar-refractivity contribution in [3.8, 4) is 17.2 Å². The maximum atomic E-state index is 12.7. The molecular weight excluding hydrogens is 370 g/mol. The van der Waals surface area contributed by atoms with E-state index in [1.807, 2.05) is 31.2 Å². The first-order chi connectivity index (χ1) is 13.9. The molecule has 1 spiro atoms. The van der Waals surface area contributed by atoms with E-state index < -0.39 is 11.5 Å². The monoisotopic (exact) mass is 399 g/mol. The highest BCUT2D eigenvalue weighted by atomic mass is 16.5. The average Bonchev–Trinajstić information content (AvgIpc) is 3.08. The summed E-state index contributed by atoms with van der Waals surface area (Å²) in [4.78, 5) is 21.4. The van der Waals surface area contributed by atoms with Crippen molar-refractivity contribution in [1.82, 2.24) is 14.8 Å². The van der Waals surface area contributed by atoms with Crippen LogP contribution in [0.15, 0.2) is 28.7 Å². The van der Waals surface area contributed by atoms with E-state index in [-0.39, 0.29) is 5.91 Å². The van der Waals surface area contributed by atoms with Crippen LogP contribution in [0.4, 0.5) is 0 Å². The van der Waals surface area contributed by atoms with E-state index in [4.69, 9.17) is 14.1 Å². The smallest absolute Gasteiger partial charge is 0.228 e. The highest BCUT2D eigenvalue weighted by Crippen LogP contribution is 2.41. The number of methoxy groups -OCH3 is 1. The number of rotatable bonds is 4. The Labute approximate surface area is 171 Å². The van der Waals surface area contributed by atoms with Crippen molar-refractivity contribution in [1.29, 1.82) is 0 Å². The van der Waals surface area contributed by atoms with Crippen LogP contribution in [-0.2, 0) is 11.3 Å². The molecule has 1 unspecified atom stereocenters. The molecule has 3 heterocycles. The van der Waals surface area contributed by atoms with Crippen molar-refractivity contribution in [3.05, 3.63) is 35.7 Å². The molecule has 1 aromatic heterocycles. The van der Waals surface area contributed by atoms with Crippen LogP contribution < -0.4 is 4.74 Å². The van der Waals surface area contributed by atoms with Gasteiger partial charge in [-0.15, -0.1) is 0 Å². The fourth-order valence-electron chi connectivity index (χ4n) is 4.61. The maximum Gasteiger partial charge on any atom is 0.228 e. The summed E-state index contributed by atoms with van der Waals surface area (Å²) in [5.41, 5.74) is 1.44. The first-order valence-electron chi connectivity index (χ1n) is 10.2. The Bertz CT molecular complexity index is 869. The number of aryl methyl sites for hydroxylation is 1. The predicted octanol–water partition coefficient (Wildman–Crippen LogP) is 2.46. The Morgan fingerprint density at radius 3 is 2.62 bits per heavy atom. The minimum Gasteiger partial charge on any atom is -0.497 e. The van der Waals surface area contributed by atoms with Crippen LogP contribution in [0.5, 0.6) is 5.75 Å². The molecule has 0 radical (unpaired) electrons. The zero-order chi connectivity index (χ0) is 20.6. The van der Waals surface area contributed by atoms with Gasteiger partial charge in [-0.25, -0.2) is 4.98 Å². The summed E-state index contributed by atoms with van der Waals surface area (Å²) in [6.07, 6.45) is 1.70. The average molecular weight is 399 g/mol. The van der Waals surface area contributed by atoms with Crippen LogP contribution in [-0.4, -0.2) is 65.7 Å². The van der Waals surface area contributed by atoms with E-state index in [1.165, 1.54) is 0 Å². The SMILES string of the molecule is COc1ccc(-c2nc(CN3CCC4(CC3)CC(O)CN(C)C4=O)c(C)o2)cc1. The second kappa shape index (κ2) is 7.80. The number of likely N-dealkylation sites (N-methyl/N-ethyl adjacent to an activating group) is 1. The number of ether oxygens (including phenoxy) is 1. The molecule has 7 nitrogen and oxygen atoms in total. The number of amides is 1. The maximum absolute atomic E-state index is 12.7. The van der Waals surface area contributed by atoms with Crippen LogP contribution in [0.3, 0.4) is 0 Å². The first kappa shape index (κ1) is 19.9. The topological polar surface area (TPSA) is 79.0 Å². The fourth-order valence-corrected chi connectivity index (χ4v) is 4.61. The van der Waals surface area contributed by atoms with Gasteiger partial charge in [0, 0.05) is 25.7 Å². The number of nitrogens with zero attached hydrogens (tertiary/aromatic N) is 3. The van der Waals surface area contributed by atoms with Crippen molar-refractivity contribution in [2.45, 2.75) is 38.8 Å². The Kier molecular flexibility index (Phi) is 5.36. The summed E-state index contributed by atoms with van der Waals surface area (Å²) < 4.78 is 11.1. The molecule has 0 aliphatic carbocycles. The van der Waals surface area contributed by atoms with Crippen molar-refractivity contribution in [3.63, 3.8) is 0 Å². The molecule has 1 amide bonds. The molecule has 1 atom stereocenters. The van der Waals surface area contributed by atoms with E-state index in [2.05, 4.69) is 4.90 Å². The van der Waals surface area contributed by atoms with Gasteiger partial charge in [-0.3, -0.25) is 9.69 Å². The minimum atomic E-state index is -0.422. The third-order valence-corrected chi connectivity index (χ3v) is 6.33. The van der Waals surface area contributed by atoms with Gasteiger partial charge in [0.1, 0.15) is 11.5 Å². The van der Waals surface area contributed by atoms with Crippen molar-refractivity contribution in [2.24, 2.45) is 5.41 Å². The zero-order valence-corrected chi connectivity index (χ0v) is 17.4. The Hall–Kier alpha value is -2.38. The van der Waals surface area contributed by atoms with Crippen LogP contribution in [0, 0.1) is 12.3 Å². The highest BCUT2D eigenvalue weighted by Gasteiger charge is 2.47. The summed E-state index contributed by atoms with van der Waals surface area (Å²) in [5.74, 6) is 2.41. The predicted molar refractivity (Wildman–Crippen MR) is 108 cm³/mol. The third kappa shape index (κ3) is 3.89. The van der Waals surface area contributed by atoms with E-state index in [0.29, 0.717) is 25.4 Å². The molecule has 2 aliphatic rings. The number of likely N-dealkylation sites (tertiary alicyclic amines) is 2. The largest absolute Gasteiger partial charge is 0.497 e. The van der Waals surface area contributed by atoms with Crippen molar-refractivity contribution < 1.29 is 19.1 Å². The van der Waals surface area contributed by atoms with Crippen molar-refractivity contribution in [2.75, 3.05) is 33.8 Å². The van der Waals surface area contributed by atoms with Crippen LogP contribution in [0.25, 0.3) is 11.5 Å². The van der Waals surface area contributed by atoms with Gasteiger partial charge >= 0.3 is 0 Å². The molecule has 29 heavy (non-hydrogen) atoms. The molecule has 7 heteroatoms. The number of aliphatic hydroxyl groups is 1. The molecule has 4 rings (SSSR count). The third-order valence-electron chi connectivity index (χ3n) is 6.33. The summed E-state index contributed by atoms with van der Waals surface area (Å²) in [6, 6.07) is 7.67. The lowest BCUT2D eigenvalue weighted by Gasteiger charge is -2.46. The van der Waals surface area contributed by atoms with Gasteiger partial charge in [0.05, 0.1) is 24.3 Å². The van der Waals surface area contributed by atoms with E-state index in [0.717, 1.165) is 48.7 Å². The molecule has 2 saturated heterocycles. The quantitative estimate of drug-likeness (QED) is 0.851. The van der Waals surface area contributed by atoms with Crippen LogP contribution in [0.2, 0.25) is 0 Å².